The van der Waals surface area contributed by atoms with Gasteiger partial charge in [0.25, 0.3) is 0 Å². The zero-order valence-corrected chi connectivity index (χ0v) is 24.0. The Morgan fingerprint density at radius 1 is 0.932 bits per heavy atom. The fourth-order valence-electron chi connectivity index (χ4n) is 5.10. The Morgan fingerprint density at radius 3 is 2.20 bits per heavy atom. The van der Waals surface area contributed by atoms with Gasteiger partial charge in [-0.2, -0.15) is 0 Å². The Morgan fingerprint density at radius 2 is 1.57 bits per heavy atom. The van der Waals surface area contributed by atoms with E-state index in [1.54, 1.807) is 31.2 Å². The first-order valence-corrected chi connectivity index (χ1v) is 14.2. The Labute approximate surface area is 254 Å². The highest BCUT2D eigenvalue weighted by molar-refractivity contribution is 5.91. The molecule has 0 spiro atoms. The zero-order chi connectivity index (χ0) is 31.1. The number of amides is 1. The first-order valence-electron chi connectivity index (χ1n) is 14.2. The van der Waals surface area contributed by atoms with E-state index in [1.807, 2.05) is 30.3 Å². The highest BCUT2D eigenvalue weighted by atomic mass is 19.1. The lowest BCUT2D eigenvalue weighted by Crippen LogP contribution is -2.44. The van der Waals surface area contributed by atoms with Crippen molar-refractivity contribution in [1.29, 1.82) is 0 Å². The smallest absolute Gasteiger partial charge is 0.415 e. The van der Waals surface area contributed by atoms with Crippen molar-refractivity contribution in [1.82, 2.24) is 0 Å². The van der Waals surface area contributed by atoms with Crippen LogP contribution in [0.4, 0.5) is 25.0 Å². The van der Waals surface area contributed by atoms with Gasteiger partial charge in [0, 0.05) is 17.9 Å². The Bertz CT molecular complexity index is 1540. The van der Waals surface area contributed by atoms with Gasteiger partial charge in [-0.3, -0.25) is 9.69 Å². The highest BCUT2D eigenvalue weighted by Gasteiger charge is 2.47. The van der Waals surface area contributed by atoms with E-state index in [9.17, 15) is 23.5 Å². The summed E-state index contributed by atoms with van der Waals surface area (Å²) in [5, 5.41) is 11.5. The molecule has 0 bridgehead atoms. The molecule has 44 heavy (non-hydrogen) atoms. The predicted molar refractivity (Wildman–Crippen MR) is 160 cm³/mol. The summed E-state index contributed by atoms with van der Waals surface area (Å²) in [5.41, 5.74) is 2.48. The van der Waals surface area contributed by atoms with Gasteiger partial charge in [0.05, 0.1) is 6.61 Å². The van der Waals surface area contributed by atoms with Crippen molar-refractivity contribution in [2.24, 2.45) is 0 Å². The molecule has 4 aromatic rings. The molecule has 0 saturated carbocycles. The molecule has 5 rings (SSSR count). The van der Waals surface area contributed by atoms with Crippen molar-refractivity contribution in [3.8, 4) is 5.75 Å². The first kappa shape index (κ1) is 30.5. The van der Waals surface area contributed by atoms with Crippen molar-refractivity contribution in [2.45, 2.75) is 31.8 Å². The molecule has 3 unspecified atom stereocenters. The second kappa shape index (κ2) is 14.0. The molecule has 1 amide bonds. The molecule has 0 radical (unpaired) electrons. The third-order valence-electron chi connectivity index (χ3n) is 7.20. The fraction of sp³-hybridized carbons (Fsp3) is 0.235. The number of carbonyl (C=O) groups excluding carboxylic acids is 2. The maximum Gasteiger partial charge on any atom is 0.415 e. The number of aliphatic hydroxyl groups excluding tert-OH is 1. The normalized spacial score (nSPS) is 16.7. The summed E-state index contributed by atoms with van der Waals surface area (Å²) in [6, 6.07) is 26.8. The zero-order valence-electron chi connectivity index (χ0n) is 24.0. The number of halogens is 2. The molecule has 1 N–H and O–H groups in total. The van der Waals surface area contributed by atoms with Crippen LogP contribution in [0.1, 0.15) is 24.1 Å². The number of ether oxygens (including phenoxy) is 3. The van der Waals surface area contributed by atoms with Gasteiger partial charge in [-0.1, -0.05) is 42.5 Å². The van der Waals surface area contributed by atoms with E-state index < -0.39 is 41.9 Å². The molecular formula is C34H32F2N2O6. The lowest BCUT2D eigenvalue weighted by molar-refractivity contribution is -0.141. The van der Waals surface area contributed by atoms with Crippen LogP contribution in [0.25, 0.3) is 0 Å². The molecule has 1 heterocycles. The first-order chi connectivity index (χ1) is 21.3. The summed E-state index contributed by atoms with van der Waals surface area (Å²) in [7, 11) is 0. The molecule has 0 aromatic heterocycles. The minimum Gasteiger partial charge on any atom is -0.489 e. The van der Waals surface area contributed by atoms with Crippen molar-refractivity contribution in [3.63, 3.8) is 0 Å². The number of aliphatic hydroxyl groups is 1. The number of esters is 1. The largest absolute Gasteiger partial charge is 0.489 e. The van der Waals surface area contributed by atoms with E-state index in [4.69, 9.17) is 14.2 Å². The monoisotopic (exact) mass is 602 g/mol. The molecule has 4 aromatic carbocycles. The fourth-order valence-corrected chi connectivity index (χ4v) is 5.10. The lowest BCUT2D eigenvalue weighted by Gasteiger charge is -2.31. The molecule has 1 aliphatic heterocycles. The number of cyclic esters (lactones) is 1. The van der Waals surface area contributed by atoms with Gasteiger partial charge < -0.3 is 24.2 Å². The van der Waals surface area contributed by atoms with Crippen molar-refractivity contribution >= 4 is 23.4 Å². The van der Waals surface area contributed by atoms with Gasteiger partial charge in [0.15, 0.2) is 6.10 Å². The van der Waals surface area contributed by atoms with Crippen LogP contribution in [0, 0.1) is 11.6 Å². The van der Waals surface area contributed by atoms with Crippen molar-refractivity contribution in [2.75, 3.05) is 29.5 Å². The van der Waals surface area contributed by atoms with E-state index >= 15 is 0 Å². The average molecular weight is 603 g/mol. The van der Waals surface area contributed by atoms with Crippen LogP contribution in [0.2, 0.25) is 0 Å². The molecule has 1 fully saturated rings. The second-order valence-corrected chi connectivity index (χ2v) is 10.2. The van der Waals surface area contributed by atoms with Gasteiger partial charge in [0.2, 0.25) is 0 Å². The van der Waals surface area contributed by atoms with Gasteiger partial charge in [-0.05, 0) is 78.7 Å². The SMILES string of the molecule is CCOC(=O)CN(CC(O)C1OC(=O)N(c2ccc(F)cc2)C1c1ccc(OCc2ccccc2)cc1)c1ccc(F)cc1. The second-order valence-electron chi connectivity index (χ2n) is 10.2. The summed E-state index contributed by atoms with van der Waals surface area (Å²) >= 11 is 0. The third-order valence-corrected chi connectivity index (χ3v) is 7.20. The quantitative estimate of drug-likeness (QED) is 0.198. The number of hydrogen-bond donors (Lipinski definition) is 1. The van der Waals surface area contributed by atoms with Gasteiger partial charge >= 0.3 is 12.1 Å². The minimum absolute atomic E-state index is 0.144. The van der Waals surface area contributed by atoms with Gasteiger partial charge in [-0.15, -0.1) is 0 Å². The van der Waals surface area contributed by atoms with Crippen molar-refractivity contribution in [3.05, 3.63) is 126 Å². The van der Waals surface area contributed by atoms with Gasteiger partial charge in [-0.25, -0.2) is 13.6 Å². The van der Waals surface area contributed by atoms with Crippen LogP contribution in [-0.4, -0.2) is 49.1 Å². The molecule has 228 valence electrons. The predicted octanol–water partition coefficient (Wildman–Crippen LogP) is 6.04. The van der Waals surface area contributed by atoms with Gasteiger partial charge in [0.1, 0.15) is 42.7 Å². The highest BCUT2D eigenvalue weighted by Crippen LogP contribution is 2.40. The molecule has 10 heteroatoms. The summed E-state index contributed by atoms with van der Waals surface area (Å²) in [6.45, 7) is 1.84. The topological polar surface area (TPSA) is 88.5 Å². The summed E-state index contributed by atoms with van der Waals surface area (Å²) in [5.74, 6) is -0.863. The van der Waals surface area contributed by atoms with Crippen molar-refractivity contribution < 1.29 is 37.7 Å². The standard InChI is InChI=1S/C34H32F2N2O6/c1-2-42-31(40)21-37(27-14-10-25(35)11-15-27)20-30(39)33-32(38(34(41)44-33)28-16-12-26(36)13-17-28)24-8-18-29(19-9-24)43-22-23-6-4-3-5-7-23/h3-19,30,32-33,39H,2,20-22H2,1H3. The summed E-state index contributed by atoms with van der Waals surface area (Å²) < 4.78 is 44.2. The molecule has 1 saturated heterocycles. The Hall–Kier alpha value is -4.96. The van der Waals surface area contributed by atoms with E-state index in [1.165, 1.54) is 58.3 Å². The maximum atomic E-state index is 13.8. The molecule has 3 atom stereocenters. The van der Waals surface area contributed by atoms with Crippen LogP contribution in [0.15, 0.2) is 103 Å². The number of carbonyl (C=O) groups is 2. The molecule has 0 aliphatic carbocycles. The van der Waals surface area contributed by atoms with Crippen LogP contribution < -0.4 is 14.5 Å². The van der Waals surface area contributed by atoms with Crippen LogP contribution in [0.5, 0.6) is 5.75 Å². The number of nitrogens with zero attached hydrogens (tertiary/aromatic N) is 2. The van der Waals surface area contributed by atoms with E-state index in [-0.39, 0.29) is 19.7 Å². The Balaban J connectivity index is 1.42. The Kier molecular flexibility index (Phi) is 9.71. The number of benzene rings is 4. The third kappa shape index (κ3) is 7.33. The maximum absolute atomic E-state index is 13.8. The summed E-state index contributed by atoms with van der Waals surface area (Å²) in [6.07, 6.45) is -3.12. The average Bonchev–Trinajstić information content (AvgIpc) is 3.38. The minimum atomic E-state index is -1.30. The molecule has 8 nitrogen and oxygen atoms in total. The molecular weight excluding hydrogens is 570 g/mol. The molecule has 1 aliphatic rings. The van der Waals surface area contributed by atoms with Crippen LogP contribution >= 0.6 is 0 Å². The lowest BCUT2D eigenvalue weighted by atomic mass is 9.96. The van der Waals surface area contributed by atoms with E-state index in [0.717, 1.165) is 5.56 Å². The van der Waals surface area contributed by atoms with Crippen LogP contribution in [0.3, 0.4) is 0 Å². The number of hydrogen-bond acceptors (Lipinski definition) is 7. The number of anilines is 2. The van der Waals surface area contributed by atoms with Crippen LogP contribution in [-0.2, 0) is 20.9 Å². The summed E-state index contributed by atoms with van der Waals surface area (Å²) in [4.78, 5) is 28.6. The van der Waals surface area contributed by atoms with E-state index in [2.05, 4.69) is 0 Å². The number of rotatable bonds is 12. The van der Waals surface area contributed by atoms with E-state index in [0.29, 0.717) is 29.3 Å².